The lowest BCUT2D eigenvalue weighted by molar-refractivity contribution is 0.188. The Kier molecular flexibility index (Phi) is 5.67. The van der Waals surface area contributed by atoms with Crippen molar-refractivity contribution in [3.63, 3.8) is 0 Å². The molecule has 1 saturated heterocycles. The summed E-state index contributed by atoms with van der Waals surface area (Å²) >= 11 is 5.35. The van der Waals surface area contributed by atoms with Gasteiger partial charge in [-0.3, -0.25) is 0 Å². The van der Waals surface area contributed by atoms with Gasteiger partial charge < -0.3 is 10.2 Å². The quantitative estimate of drug-likeness (QED) is 0.880. The lowest BCUT2D eigenvalue weighted by atomic mass is 9.96. The molecule has 1 aliphatic rings. The molecule has 1 aromatic rings. The average molecular weight is 331 g/mol. The van der Waals surface area contributed by atoms with Crippen LogP contribution in [0.4, 0.5) is 0 Å². The first kappa shape index (κ1) is 14.5. The molecule has 1 fully saturated rings. The van der Waals surface area contributed by atoms with Gasteiger partial charge in [-0.15, -0.1) is 11.3 Å². The van der Waals surface area contributed by atoms with Gasteiger partial charge in [-0.05, 0) is 73.9 Å². The van der Waals surface area contributed by atoms with Crippen LogP contribution in [0.5, 0.6) is 0 Å². The van der Waals surface area contributed by atoms with E-state index in [1.54, 1.807) is 0 Å². The minimum absolute atomic E-state index is 0.477. The van der Waals surface area contributed by atoms with E-state index in [1.165, 1.54) is 41.8 Å². The lowest BCUT2D eigenvalue weighted by Gasteiger charge is -2.31. The second kappa shape index (κ2) is 7.04. The van der Waals surface area contributed by atoms with E-state index in [0.717, 1.165) is 12.5 Å². The summed E-state index contributed by atoms with van der Waals surface area (Å²) in [5.74, 6) is 0.860. The van der Waals surface area contributed by atoms with Crippen LogP contribution in [0.2, 0.25) is 0 Å². The van der Waals surface area contributed by atoms with E-state index in [0.29, 0.717) is 6.04 Å². The largest absolute Gasteiger partial charge is 0.309 e. The summed E-state index contributed by atoms with van der Waals surface area (Å²) in [6.07, 6.45) is 2.70. The maximum absolute atomic E-state index is 3.69. The van der Waals surface area contributed by atoms with E-state index < -0.39 is 0 Å². The molecule has 2 rings (SSSR count). The Labute approximate surface area is 123 Å². The normalized spacial score (nSPS) is 20.2. The van der Waals surface area contributed by atoms with Crippen molar-refractivity contribution in [1.29, 1.82) is 0 Å². The van der Waals surface area contributed by atoms with Crippen LogP contribution in [0.1, 0.15) is 37.6 Å². The molecule has 2 nitrogen and oxygen atoms in total. The predicted molar refractivity (Wildman–Crippen MR) is 83.3 cm³/mol. The Morgan fingerprint density at radius 1 is 1.50 bits per heavy atom. The highest BCUT2D eigenvalue weighted by molar-refractivity contribution is 9.10. The predicted octanol–water partition coefficient (Wildman–Crippen LogP) is 3.89. The minimum Gasteiger partial charge on any atom is -0.309 e. The molecule has 0 bridgehead atoms. The van der Waals surface area contributed by atoms with Gasteiger partial charge in [-0.1, -0.05) is 6.92 Å². The Morgan fingerprint density at radius 3 is 2.78 bits per heavy atom. The summed E-state index contributed by atoms with van der Waals surface area (Å²) in [4.78, 5) is 3.98. The van der Waals surface area contributed by atoms with Crippen LogP contribution in [0.25, 0.3) is 0 Å². The summed E-state index contributed by atoms with van der Waals surface area (Å²) in [6.45, 7) is 9.45. The van der Waals surface area contributed by atoms with Gasteiger partial charge in [0.1, 0.15) is 0 Å². The summed E-state index contributed by atoms with van der Waals surface area (Å²) in [5.41, 5.74) is 0. The molecule has 102 valence electrons. The number of thiophene rings is 1. The molecular formula is C14H23BrN2S. The summed E-state index contributed by atoms with van der Waals surface area (Å²) < 4.78 is 1.20. The van der Waals surface area contributed by atoms with Crippen LogP contribution >= 0.6 is 27.3 Å². The third kappa shape index (κ3) is 4.05. The van der Waals surface area contributed by atoms with Gasteiger partial charge in [-0.2, -0.15) is 0 Å². The van der Waals surface area contributed by atoms with Crippen molar-refractivity contribution in [3.05, 3.63) is 20.8 Å². The van der Waals surface area contributed by atoms with Crippen molar-refractivity contribution in [2.75, 3.05) is 26.2 Å². The number of nitrogens with one attached hydrogen (secondary N) is 1. The second-order valence-corrected chi connectivity index (χ2v) is 7.03. The maximum Gasteiger partial charge on any atom is 0.0386 e. The van der Waals surface area contributed by atoms with Crippen molar-refractivity contribution in [2.45, 2.75) is 32.7 Å². The van der Waals surface area contributed by atoms with E-state index >= 15 is 0 Å². The zero-order valence-corrected chi connectivity index (χ0v) is 13.7. The molecule has 0 aliphatic carbocycles. The van der Waals surface area contributed by atoms with E-state index in [9.17, 15) is 0 Å². The number of hydrogen-bond acceptors (Lipinski definition) is 3. The van der Waals surface area contributed by atoms with E-state index in [2.05, 4.69) is 51.4 Å². The molecule has 0 radical (unpaired) electrons. The van der Waals surface area contributed by atoms with Gasteiger partial charge in [0, 0.05) is 20.8 Å². The first-order chi connectivity index (χ1) is 8.69. The zero-order valence-electron chi connectivity index (χ0n) is 11.3. The Hall–Kier alpha value is 0.1000. The van der Waals surface area contributed by atoms with Crippen molar-refractivity contribution >= 4 is 27.3 Å². The van der Waals surface area contributed by atoms with E-state index in [4.69, 9.17) is 0 Å². The van der Waals surface area contributed by atoms with Gasteiger partial charge in [-0.25, -0.2) is 0 Å². The van der Waals surface area contributed by atoms with Crippen LogP contribution in [0.15, 0.2) is 15.9 Å². The van der Waals surface area contributed by atoms with Crippen LogP contribution in [0, 0.1) is 5.92 Å². The topological polar surface area (TPSA) is 15.3 Å². The maximum atomic E-state index is 3.69. The van der Waals surface area contributed by atoms with Crippen molar-refractivity contribution in [2.24, 2.45) is 5.92 Å². The highest BCUT2D eigenvalue weighted by Crippen LogP contribution is 2.26. The first-order valence-corrected chi connectivity index (χ1v) is 8.56. The fourth-order valence-electron chi connectivity index (χ4n) is 2.51. The van der Waals surface area contributed by atoms with Crippen LogP contribution in [-0.4, -0.2) is 31.1 Å². The molecule has 2 heterocycles. The highest BCUT2D eigenvalue weighted by Gasteiger charge is 2.18. The Morgan fingerprint density at radius 2 is 2.22 bits per heavy atom. The van der Waals surface area contributed by atoms with Crippen LogP contribution < -0.4 is 5.32 Å². The number of hydrogen-bond donors (Lipinski definition) is 1. The summed E-state index contributed by atoms with van der Waals surface area (Å²) in [7, 11) is 0. The molecule has 1 aromatic heterocycles. The van der Waals surface area contributed by atoms with E-state index in [1.807, 2.05) is 11.3 Å². The standard InChI is InChI=1S/C14H23BrN2S/c1-3-17-6-4-12(5-7-17)9-16-11(2)14-8-13(15)10-18-14/h8,10-12,16H,3-7,9H2,1-2H3. The van der Waals surface area contributed by atoms with Crippen LogP contribution in [0.3, 0.4) is 0 Å². The summed E-state index contributed by atoms with van der Waals surface area (Å²) in [5, 5.41) is 5.85. The second-order valence-electron chi connectivity index (χ2n) is 5.17. The zero-order chi connectivity index (χ0) is 13.0. The fourth-order valence-corrected chi connectivity index (χ4v) is 3.98. The molecule has 0 amide bonds. The third-order valence-electron chi connectivity index (χ3n) is 3.88. The van der Waals surface area contributed by atoms with Gasteiger partial charge in [0.05, 0.1) is 0 Å². The van der Waals surface area contributed by atoms with Gasteiger partial charge >= 0.3 is 0 Å². The molecule has 1 unspecified atom stereocenters. The minimum atomic E-state index is 0.477. The molecule has 1 N–H and O–H groups in total. The smallest absolute Gasteiger partial charge is 0.0386 e. The number of piperidine rings is 1. The average Bonchev–Trinajstić information content (AvgIpc) is 2.83. The van der Waals surface area contributed by atoms with Crippen molar-refractivity contribution < 1.29 is 0 Å². The number of likely N-dealkylation sites (tertiary alicyclic amines) is 1. The van der Waals surface area contributed by atoms with Gasteiger partial charge in [0.25, 0.3) is 0 Å². The molecule has 1 atom stereocenters. The molecule has 0 aromatic carbocycles. The molecular weight excluding hydrogens is 308 g/mol. The third-order valence-corrected chi connectivity index (χ3v) is 5.76. The molecule has 1 aliphatic heterocycles. The number of halogens is 1. The SMILES string of the molecule is CCN1CCC(CNC(C)c2cc(Br)cs2)CC1. The molecule has 0 spiro atoms. The van der Waals surface area contributed by atoms with Crippen molar-refractivity contribution in [1.82, 2.24) is 10.2 Å². The Balaban J connectivity index is 1.72. The number of rotatable bonds is 5. The monoisotopic (exact) mass is 330 g/mol. The van der Waals surface area contributed by atoms with Crippen molar-refractivity contribution in [3.8, 4) is 0 Å². The molecule has 18 heavy (non-hydrogen) atoms. The van der Waals surface area contributed by atoms with Crippen LogP contribution in [-0.2, 0) is 0 Å². The van der Waals surface area contributed by atoms with Gasteiger partial charge in [0.15, 0.2) is 0 Å². The van der Waals surface area contributed by atoms with Gasteiger partial charge in [0.2, 0.25) is 0 Å². The lowest BCUT2D eigenvalue weighted by Crippen LogP contribution is -2.37. The van der Waals surface area contributed by atoms with E-state index in [-0.39, 0.29) is 0 Å². The summed E-state index contributed by atoms with van der Waals surface area (Å²) in [6, 6.07) is 2.70. The Bertz CT molecular complexity index is 358. The first-order valence-electron chi connectivity index (χ1n) is 6.88. The molecule has 0 saturated carbocycles. The highest BCUT2D eigenvalue weighted by atomic mass is 79.9. The molecule has 4 heteroatoms. The fraction of sp³-hybridized carbons (Fsp3) is 0.714. The number of nitrogens with zero attached hydrogens (tertiary/aromatic N) is 1.